The molecule has 0 radical (unpaired) electrons. The molecule has 0 unspecified atom stereocenters. The molecule has 6 nitrogen and oxygen atoms in total. The Bertz CT molecular complexity index is 1140. The van der Waals surface area contributed by atoms with E-state index in [-0.39, 0.29) is 45.7 Å². The van der Waals surface area contributed by atoms with Gasteiger partial charge in [0, 0.05) is 0 Å². The molecule has 0 heterocycles. The largest absolute Gasteiger partial charge is 0.493 e. The summed E-state index contributed by atoms with van der Waals surface area (Å²) in [6.45, 7) is 15.8. The lowest BCUT2D eigenvalue weighted by molar-refractivity contribution is -0.246. The molecule has 6 heteroatoms. The molecule has 0 aromatic heterocycles. The van der Waals surface area contributed by atoms with Crippen LogP contribution in [0, 0.1) is 45.3 Å². The molecule has 4 fully saturated rings. The van der Waals surface area contributed by atoms with Crippen molar-refractivity contribution in [2.24, 2.45) is 45.3 Å². The van der Waals surface area contributed by atoms with E-state index in [1.54, 1.807) is 14.2 Å². The number of benzene rings is 1. The zero-order chi connectivity index (χ0) is 31.4. The van der Waals surface area contributed by atoms with Crippen LogP contribution < -0.4 is 14.8 Å². The molecule has 5 rings (SSSR count). The fourth-order valence-corrected chi connectivity index (χ4v) is 11.6. The fourth-order valence-electron chi connectivity index (χ4n) is 11.6. The van der Waals surface area contributed by atoms with Gasteiger partial charge in [0.05, 0.1) is 32.0 Å². The van der Waals surface area contributed by atoms with Crippen molar-refractivity contribution in [3.05, 3.63) is 23.8 Å². The van der Waals surface area contributed by atoms with Crippen molar-refractivity contribution < 1.29 is 24.8 Å². The van der Waals surface area contributed by atoms with Crippen molar-refractivity contribution in [3.8, 4) is 11.5 Å². The first-order valence-electron chi connectivity index (χ1n) is 17.2. The first kappa shape index (κ1) is 33.0. The van der Waals surface area contributed by atoms with Crippen LogP contribution in [0.5, 0.6) is 11.5 Å². The van der Waals surface area contributed by atoms with E-state index in [0.29, 0.717) is 11.8 Å². The number of aliphatic hydroxyl groups is 3. The minimum atomic E-state index is -0.796. The summed E-state index contributed by atoms with van der Waals surface area (Å²) < 4.78 is 10.8. The van der Waals surface area contributed by atoms with Crippen molar-refractivity contribution >= 4 is 0 Å². The van der Waals surface area contributed by atoms with E-state index >= 15 is 0 Å². The summed E-state index contributed by atoms with van der Waals surface area (Å²) in [7, 11) is 3.32. The Morgan fingerprint density at radius 2 is 1.58 bits per heavy atom. The molecule has 0 spiro atoms. The van der Waals surface area contributed by atoms with Crippen LogP contribution in [-0.2, 0) is 6.42 Å². The second-order valence-electron chi connectivity index (χ2n) is 16.5. The molecular weight excluding hydrogens is 538 g/mol. The maximum atomic E-state index is 12.0. The second-order valence-corrected chi connectivity index (χ2v) is 16.5. The van der Waals surface area contributed by atoms with E-state index in [9.17, 15) is 15.3 Å². The van der Waals surface area contributed by atoms with E-state index in [0.717, 1.165) is 88.8 Å². The Kier molecular flexibility index (Phi) is 9.06. The van der Waals surface area contributed by atoms with Crippen molar-refractivity contribution in [2.45, 2.75) is 124 Å². The molecule has 4 aliphatic carbocycles. The molecule has 0 aliphatic heterocycles. The minimum Gasteiger partial charge on any atom is -0.493 e. The molecule has 1 aromatic carbocycles. The number of hydrogen-bond donors (Lipinski definition) is 4. The van der Waals surface area contributed by atoms with Gasteiger partial charge in [0.25, 0.3) is 0 Å². The van der Waals surface area contributed by atoms with Gasteiger partial charge in [-0.15, -0.1) is 0 Å². The van der Waals surface area contributed by atoms with Crippen LogP contribution in [0.25, 0.3) is 0 Å². The molecule has 4 saturated carbocycles. The number of fused-ring (bicyclic) bond motifs is 5. The van der Waals surface area contributed by atoms with Crippen molar-refractivity contribution in [2.75, 3.05) is 27.3 Å². The van der Waals surface area contributed by atoms with Crippen molar-refractivity contribution in [1.29, 1.82) is 0 Å². The van der Waals surface area contributed by atoms with Crippen LogP contribution in [0.4, 0.5) is 0 Å². The molecule has 0 amide bonds. The van der Waals surface area contributed by atoms with Crippen molar-refractivity contribution in [3.63, 3.8) is 0 Å². The Morgan fingerprint density at radius 1 is 0.884 bits per heavy atom. The van der Waals surface area contributed by atoms with Crippen LogP contribution in [-0.4, -0.2) is 60.4 Å². The molecule has 244 valence electrons. The summed E-state index contributed by atoms with van der Waals surface area (Å²) in [5.74, 6) is 2.68. The molecule has 0 bridgehead atoms. The summed E-state index contributed by atoms with van der Waals surface area (Å²) >= 11 is 0. The third-order valence-corrected chi connectivity index (χ3v) is 14.2. The highest BCUT2D eigenvalue weighted by atomic mass is 16.5. The lowest BCUT2D eigenvalue weighted by Crippen LogP contribution is -2.66. The fraction of sp³-hybridized carbons (Fsp3) is 0.838. The van der Waals surface area contributed by atoms with Gasteiger partial charge >= 0.3 is 0 Å². The number of nitrogens with one attached hydrogen (secondary N) is 1. The van der Waals surface area contributed by atoms with Crippen LogP contribution in [0.1, 0.15) is 105 Å². The summed E-state index contributed by atoms with van der Waals surface area (Å²) in [5, 5.41) is 38.4. The van der Waals surface area contributed by atoms with E-state index in [4.69, 9.17) is 9.47 Å². The van der Waals surface area contributed by atoms with Gasteiger partial charge in [0.1, 0.15) is 0 Å². The van der Waals surface area contributed by atoms with Gasteiger partial charge in [0.15, 0.2) is 11.5 Å². The van der Waals surface area contributed by atoms with Crippen LogP contribution in [0.2, 0.25) is 0 Å². The third kappa shape index (κ3) is 5.34. The molecule has 4 N–H and O–H groups in total. The quantitative estimate of drug-likeness (QED) is 0.233. The normalized spacial score (nSPS) is 41.5. The second kappa shape index (κ2) is 11.8. The summed E-state index contributed by atoms with van der Waals surface area (Å²) in [4.78, 5) is 0. The number of ether oxygens (including phenoxy) is 2. The summed E-state index contributed by atoms with van der Waals surface area (Å²) in [5.41, 5.74) is 0.599. The molecular formula is C37H61NO5. The predicted molar refractivity (Wildman–Crippen MR) is 172 cm³/mol. The van der Waals surface area contributed by atoms with Gasteiger partial charge in [-0.05, 0) is 147 Å². The monoisotopic (exact) mass is 599 g/mol. The summed E-state index contributed by atoms with van der Waals surface area (Å²) in [6, 6.07) is 6.07. The van der Waals surface area contributed by atoms with E-state index < -0.39 is 5.60 Å². The number of methoxy groups -OCH3 is 2. The summed E-state index contributed by atoms with van der Waals surface area (Å²) in [6.07, 6.45) is 9.07. The maximum Gasteiger partial charge on any atom is 0.160 e. The molecule has 0 saturated heterocycles. The van der Waals surface area contributed by atoms with Crippen LogP contribution in [0.3, 0.4) is 0 Å². The Morgan fingerprint density at radius 3 is 2.28 bits per heavy atom. The van der Waals surface area contributed by atoms with E-state index in [1.807, 2.05) is 19.1 Å². The number of hydrogen-bond acceptors (Lipinski definition) is 6. The molecule has 4 aliphatic rings. The highest BCUT2D eigenvalue weighted by molar-refractivity contribution is 5.43. The average Bonchev–Trinajstić information content (AvgIpc) is 3.35. The lowest BCUT2D eigenvalue weighted by Gasteiger charge is -2.70. The van der Waals surface area contributed by atoms with E-state index in [1.165, 1.54) is 5.56 Å². The smallest absolute Gasteiger partial charge is 0.160 e. The van der Waals surface area contributed by atoms with Crippen LogP contribution in [0.15, 0.2) is 18.2 Å². The number of aliphatic hydroxyl groups excluding tert-OH is 2. The van der Waals surface area contributed by atoms with Gasteiger partial charge in [-0.1, -0.05) is 40.7 Å². The zero-order valence-corrected chi connectivity index (χ0v) is 28.3. The number of rotatable bonds is 10. The van der Waals surface area contributed by atoms with Gasteiger partial charge in [-0.25, -0.2) is 0 Å². The molecule has 43 heavy (non-hydrogen) atoms. The SMILES string of the molecule is COc1ccc(CCNCCC[C@](C)(O)[C@H]2CC[C@]3(C)[C@@H]2[C@H](O)C[C@@H]2[C@@]4(C)CC[C@H](O)C(C)(C)[C@@H]4CC[C@]23C)cc1OC. The highest BCUT2D eigenvalue weighted by Crippen LogP contribution is 2.75. The Hall–Kier alpha value is -1.34. The van der Waals surface area contributed by atoms with Gasteiger partial charge in [-0.3, -0.25) is 0 Å². The first-order valence-corrected chi connectivity index (χ1v) is 17.2. The zero-order valence-electron chi connectivity index (χ0n) is 28.3. The average molecular weight is 600 g/mol. The van der Waals surface area contributed by atoms with Gasteiger partial charge < -0.3 is 30.1 Å². The third-order valence-electron chi connectivity index (χ3n) is 14.2. The Balaban J connectivity index is 1.21. The topological polar surface area (TPSA) is 91.2 Å². The minimum absolute atomic E-state index is 0.00977. The highest BCUT2D eigenvalue weighted by Gasteiger charge is 2.71. The van der Waals surface area contributed by atoms with E-state index in [2.05, 4.69) is 46.0 Å². The van der Waals surface area contributed by atoms with Crippen molar-refractivity contribution in [1.82, 2.24) is 5.32 Å². The maximum absolute atomic E-state index is 12.0. The lowest BCUT2D eigenvalue weighted by atomic mass is 9.35. The Labute approximate surface area is 261 Å². The molecule has 1 aromatic rings. The standard InChI is InChI=1S/C37H61NO5/c1-33(2)29-13-19-35(4)30(34(29,3)17-14-31(33)40)23-26(39)32-25(12-18-36(32,35)5)37(6,41)16-9-20-38-21-15-24-10-11-27(42-7)28(22-24)43-8/h10-11,22,25-26,29-32,38-41H,9,12-21,23H2,1-8H3/t25-,26+,29-,30+,31-,32-,34-,35+,36+,37-/m0/s1. The van der Waals surface area contributed by atoms with Gasteiger partial charge in [0.2, 0.25) is 0 Å². The molecule has 10 atom stereocenters. The predicted octanol–water partition coefficient (Wildman–Crippen LogP) is 6.38. The van der Waals surface area contributed by atoms with Gasteiger partial charge in [-0.2, -0.15) is 0 Å². The van der Waals surface area contributed by atoms with Crippen LogP contribution >= 0.6 is 0 Å². The first-order chi connectivity index (χ1) is 20.2.